The highest BCUT2D eigenvalue weighted by molar-refractivity contribution is 9.10. The molecule has 0 fully saturated rings. The maximum Gasteiger partial charge on any atom is 0.349 e. The van der Waals surface area contributed by atoms with Crippen LogP contribution in [-0.4, -0.2) is 25.2 Å². The maximum absolute atomic E-state index is 12.3. The van der Waals surface area contributed by atoms with E-state index in [1.54, 1.807) is 36.4 Å². The Morgan fingerprint density at radius 3 is 2.52 bits per heavy atom. The molecule has 160 valence electrons. The van der Waals surface area contributed by atoms with Gasteiger partial charge in [-0.2, -0.15) is 0 Å². The molecule has 3 aromatic carbocycles. The van der Waals surface area contributed by atoms with E-state index >= 15 is 0 Å². The second-order valence-electron chi connectivity index (χ2n) is 6.59. The van der Waals surface area contributed by atoms with Crippen molar-refractivity contribution in [3.05, 3.63) is 93.4 Å². The highest BCUT2D eigenvalue weighted by atomic mass is 79.9. The van der Waals surface area contributed by atoms with Crippen molar-refractivity contribution in [1.29, 1.82) is 0 Å². The Morgan fingerprint density at radius 2 is 1.74 bits per heavy atom. The van der Waals surface area contributed by atoms with Crippen LogP contribution in [0.25, 0.3) is 0 Å². The van der Waals surface area contributed by atoms with Gasteiger partial charge in [0, 0.05) is 5.02 Å². The average molecular weight is 504 g/mol. The van der Waals surface area contributed by atoms with Crippen molar-refractivity contribution in [3.8, 4) is 11.5 Å². The Labute approximate surface area is 194 Å². The fourth-order valence-corrected chi connectivity index (χ4v) is 3.54. The molecular formula is C24H20BrClO5. The highest BCUT2D eigenvalue weighted by Gasteiger charge is 2.12. The summed E-state index contributed by atoms with van der Waals surface area (Å²) in [6, 6.07) is 21.3. The molecule has 0 heterocycles. The molecule has 0 aliphatic carbocycles. The zero-order chi connectivity index (χ0) is 22.1. The van der Waals surface area contributed by atoms with Crippen LogP contribution in [0.2, 0.25) is 5.02 Å². The molecule has 31 heavy (non-hydrogen) atoms. The number of hydrogen-bond donors (Lipinski definition) is 0. The van der Waals surface area contributed by atoms with E-state index in [0.717, 1.165) is 12.8 Å². The first-order valence-electron chi connectivity index (χ1n) is 9.61. The summed E-state index contributed by atoms with van der Waals surface area (Å²) in [5.41, 5.74) is 1.51. The van der Waals surface area contributed by atoms with Crippen LogP contribution in [-0.2, 0) is 16.0 Å². The van der Waals surface area contributed by atoms with Crippen molar-refractivity contribution in [2.75, 3.05) is 13.2 Å². The SMILES string of the molecule is O=C(COc1ccc(Cl)cc1Br)Oc1cccc(C(=O)OCCCc2ccccc2)c1. The minimum Gasteiger partial charge on any atom is -0.481 e. The van der Waals surface area contributed by atoms with Crippen LogP contribution in [0.5, 0.6) is 11.5 Å². The Balaban J connectivity index is 1.46. The van der Waals surface area contributed by atoms with Crippen LogP contribution < -0.4 is 9.47 Å². The molecule has 7 heteroatoms. The number of carbonyl (C=O) groups is 2. The summed E-state index contributed by atoms with van der Waals surface area (Å²) >= 11 is 9.20. The monoisotopic (exact) mass is 502 g/mol. The van der Waals surface area contributed by atoms with Crippen molar-refractivity contribution in [2.24, 2.45) is 0 Å². The quantitative estimate of drug-likeness (QED) is 0.207. The number of rotatable bonds is 9. The van der Waals surface area contributed by atoms with Gasteiger partial charge in [-0.05, 0) is 70.7 Å². The summed E-state index contributed by atoms with van der Waals surface area (Å²) in [4.78, 5) is 24.4. The van der Waals surface area contributed by atoms with Gasteiger partial charge in [0.1, 0.15) is 11.5 Å². The fraction of sp³-hybridized carbons (Fsp3) is 0.167. The number of ether oxygens (including phenoxy) is 3. The highest BCUT2D eigenvalue weighted by Crippen LogP contribution is 2.28. The standard InChI is InChI=1S/C24H20BrClO5/c25-21-15-19(26)11-12-22(21)30-16-23(27)31-20-10-4-9-18(14-20)24(28)29-13-5-8-17-6-2-1-3-7-17/h1-4,6-7,9-12,14-15H,5,8,13,16H2. The third kappa shape index (κ3) is 7.42. The smallest absolute Gasteiger partial charge is 0.349 e. The Morgan fingerprint density at radius 1 is 0.935 bits per heavy atom. The van der Waals surface area contributed by atoms with E-state index < -0.39 is 11.9 Å². The second-order valence-corrected chi connectivity index (χ2v) is 7.88. The first-order valence-corrected chi connectivity index (χ1v) is 10.8. The van der Waals surface area contributed by atoms with Gasteiger partial charge < -0.3 is 14.2 Å². The molecule has 0 N–H and O–H groups in total. The van der Waals surface area contributed by atoms with Gasteiger partial charge in [-0.3, -0.25) is 0 Å². The summed E-state index contributed by atoms with van der Waals surface area (Å²) in [6.07, 6.45) is 1.55. The average Bonchev–Trinajstić information content (AvgIpc) is 2.77. The number of hydrogen-bond acceptors (Lipinski definition) is 5. The molecule has 5 nitrogen and oxygen atoms in total. The lowest BCUT2D eigenvalue weighted by molar-refractivity contribution is -0.136. The predicted molar refractivity (Wildman–Crippen MR) is 122 cm³/mol. The molecule has 0 radical (unpaired) electrons. The first kappa shape index (κ1) is 22.8. The molecule has 0 spiro atoms. The van der Waals surface area contributed by atoms with E-state index in [1.807, 2.05) is 30.3 Å². The van der Waals surface area contributed by atoms with Gasteiger partial charge in [0.25, 0.3) is 0 Å². The lowest BCUT2D eigenvalue weighted by Crippen LogP contribution is -2.18. The Bertz CT molecular complexity index is 1040. The van der Waals surface area contributed by atoms with Gasteiger partial charge >= 0.3 is 11.9 Å². The lowest BCUT2D eigenvalue weighted by atomic mass is 10.1. The Hall–Kier alpha value is -2.83. The third-order valence-corrected chi connectivity index (χ3v) is 5.08. The second kappa shape index (κ2) is 11.5. The van der Waals surface area contributed by atoms with Crippen molar-refractivity contribution >= 4 is 39.5 Å². The zero-order valence-corrected chi connectivity index (χ0v) is 18.9. The van der Waals surface area contributed by atoms with Crippen molar-refractivity contribution in [3.63, 3.8) is 0 Å². The van der Waals surface area contributed by atoms with Crippen LogP contribution in [0.4, 0.5) is 0 Å². The van der Waals surface area contributed by atoms with E-state index in [9.17, 15) is 9.59 Å². The zero-order valence-electron chi connectivity index (χ0n) is 16.6. The number of aryl methyl sites for hydroxylation is 1. The van der Waals surface area contributed by atoms with Gasteiger partial charge in [-0.15, -0.1) is 0 Å². The van der Waals surface area contributed by atoms with E-state index in [0.29, 0.717) is 27.4 Å². The number of esters is 2. The molecule has 3 rings (SSSR count). The molecule has 0 saturated carbocycles. The molecule has 0 saturated heterocycles. The largest absolute Gasteiger partial charge is 0.481 e. The minimum atomic E-state index is -0.602. The third-order valence-electron chi connectivity index (χ3n) is 4.23. The summed E-state index contributed by atoms with van der Waals surface area (Å²) < 4.78 is 16.6. The molecule has 0 aliphatic rings. The summed E-state index contributed by atoms with van der Waals surface area (Å²) in [5.74, 6) is -0.362. The number of halogens is 2. The molecule has 0 aliphatic heterocycles. The lowest BCUT2D eigenvalue weighted by Gasteiger charge is -2.09. The molecule has 0 aromatic heterocycles. The van der Waals surface area contributed by atoms with Gasteiger partial charge in [-0.25, -0.2) is 9.59 Å². The molecule has 0 bridgehead atoms. The number of carbonyl (C=O) groups excluding carboxylic acids is 2. The maximum atomic E-state index is 12.3. The van der Waals surface area contributed by atoms with Crippen LogP contribution in [0.1, 0.15) is 22.3 Å². The van der Waals surface area contributed by atoms with Crippen LogP contribution >= 0.6 is 27.5 Å². The van der Waals surface area contributed by atoms with Crippen molar-refractivity contribution in [2.45, 2.75) is 12.8 Å². The summed E-state index contributed by atoms with van der Waals surface area (Å²) in [6.45, 7) is 0.00987. The van der Waals surface area contributed by atoms with E-state index in [4.69, 9.17) is 25.8 Å². The van der Waals surface area contributed by atoms with Gasteiger partial charge in [0.2, 0.25) is 0 Å². The van der Waals surface area contributed by atoms with Gasteiger partial charge in [-0.1, -0.05) is 48.0 Å². The topological polar surface area (TPSA) is 61.8 Å². The molecule has 0 atom stereocenters. The fourth-order valence-electron chi connectivity index (χ4n) is 2.75. The van der Waals surface area contributed by atoms with Crippen LogP contribution in [0, 0.1) is 0 Å². The Kier molecular flexibility index (Phi) is 8.50. The van der Waals surface area contributed by atoms with E-state index in [1.165, 1.54) is 11.6 Å². The van der Waals surface area contributed by atoms with Crippen molar-refractivity contribution < 1.29 is 23.8 Å². The molecular weight excluding hydrogens is 484 g/mol. The minimum absolute atomic E-state index is 0.238. The summed E-state index contributed by atoms with van der Waals surface area (Å²) in [7, 11) is 0. The molecule has 3 aromatic rings. The van der Waals surface area contributed by atoms with Crippen molar-refractivity contribution in [1.82, 2.24) is 0 Å². The molecule has 0 unspecified atom stereocenters. The van der Waals surface area contributed by atoms with Gasteiger partial charge in [0.05, 0.1) is 16.6 Å². The predicted octanol–water partition coefficient (Wildman–Crippen LogP) is 5.88. The molecule has 0 amide bonds. The number of benzene rings is 3. The van der Waals surface area contributed by atoms with E-state index in [-0.39, 0.29) is 12.4 Å². The van der Waals surface area contributed by atoms with E-state index in [2.05, 4.69) is 15.9 Å². The van der Waals surface area contributed by atoms with Crippen LogP contribution in [0.15, 0.2) is 77.3 Å². The summed E-state index contributed by atoms with van der Waals surface area (Å²) in [5, 5.41) is 0.547. The first-order chi connectivity index (χ1) is 15.0. The normalized spacial score (nSPS) is 10.4. The van der Waals surface area contributed by atoms with Crippen LogP contribution in [0.3, 0.4) is 0 Å². The van der Waals surface area contributed by atoms with Gasteiger partial charge in [0.15, 0.2) is 6.61 Å².